The number of rotatable bonds is 10. The quantitative estimate of drug-likeness (QED) is 0.305. The minimum Gasteiger partial charge on any atom is -0.374 e. The molecule has 1 atom stereocenters. The number of aromatic nitrogens is 3. The van der Waals surface area contributed by atoms with Crippen LogP contribution in [0.2, 0.25) is 0 Å². The summed E-state index contributed by atoms with van der Waals surface area (Å²) in [7, 11) is 1.43. The van der Waals surface area contributed by atoms with E-state index in [1.807, 2.05) is 6.07 Å². The van der Waals surface area contributed by atoms with Gasteiger partial charge in [0.05, 0.1) is 12.1 Å². The van der Waals surface area contributed by atoms with Crippen molar-refractivity contribution in [1.29, 1.82) is 0 Å². The summed E-state index contributed by atoms with van der Waals surface area (Å²) in [5.41, 5.74) is -0.521. The fraction of sp³-hybridized carbons (Fsp3) is 0.435. The van der Waals surface area contributed by atoms with E-state index >= 15 is 0 Å². The molecule has 0 bridgehead atoms. The molecule has 0 fully saturated rings. The number of alkyl halides is 3. The van der Waals surface area contributed by atoms with Crippen LogP contribution in [0.4, 0.5) is 17.6 Å². The maximum absolute atomic E-state index is 13.6. The van der Waals surface area contributed by atoms with Gasteiger partial charge in [0, 0.05) is 35.9 Å². The molecule has 0 radical (unpaired) electrons. The molecule has 3 rings (SSSR count). The van der Waals surface area contributed by atoms with Crippen molar-refractivity contribution in [1.82, 2.24) is 20.1 Å². The Morgan fingerprint density at radius 1 is 1.18 bits per heavy atom. The molecular formula is C23H26F4N4O2S. The number of benzene rings is 1. The Hall–Kier alpha value is -2.79. The van der Waals surface area contributed by atoms with E-state index in [0.29, 0.717) is 35.6 Å². The molecule has 3 aromatic rings. The average molecular weight is 499 g/mol. The number of hydrogen-bond donors (Lipinski definition) is 2. The van der Waals surface area contributed by atoms with E-state index in [2.05, 4.69) is 15.2 Å². The SMILES string of the molecule is Cc1csc(C(O)(CC(=O)N(C)CCCCCc2cc(-c3ccc(F)cc3)n[nH]2)C(F)(F)F)n1. The third-order valence-electron chi connectivity index (χ3n) is 5.49. The summed E-state index contributed by atoms with van der Waals surface area (Å²) in [6, 6.07) is 7.93. The highest BCUT2D eigenvalue weighted by molar-refractivity contribution is 7.09. The third-order valence-corrected chi connectivity index (χ3v) is 6.60. The first kappa shape index (κ1) is 25.8. The zero-order valence-electron chi connectivity index (χ0n) is 18.8. The Kier molecular flexibility index (Phi) is 8.09. The molecule has 0 aliphatic heterocycles. The van der Waals surface area contributed by atoms with Crippen LogP contribution in [-0.2, 0) is 16.8 Å². The average Bonchev–Trinajstić information content (AvgIpc) is 3.42. The molecule has 2 aromatic heterocycles. The predicted molar refractivity (Wildman–Crippen MR) is 121 cm³/mol. The van der Waals surface area contributed by atoms with Crippen molar-refractivity contribution in [3.63, 3.8) is 0 Å². The Balaban J connectivity index is 1.45. The van der Waals surface area contributed by atoms with Crippen LogP contribution in [0.5, 0.6) is 0 Å². The van der Waals surface area contributed by atoms with E-state index in [1.165, 1.54) is 36.4 Å². The molecule has 34 heavy (non-hydrogen) atoms. The van der Waals surface area contributed by atoms with Gasteiger partial charge in [-0.15, -0.1) is 11.3 Å². The second-order valence-corrected chi connectivity index (χ2v) is 9.10. The van der Waals surface area contributed by atoms with Gasteiger partial charge in [-0.2, -0.15) is 18.3 Å². The topological polar surface area (TPSA) is 82.1 Å². The van der Waals surface area contributed by atoms with Crippen molar-refractivity contribution in [3.8, 4) is 11.3 Å². The Bertz CT molecular complexity index is 1100. The summed E-state index contributed by atoms with van der Waals surface area (Å²) in [6.07, 6.45) is -3.29. The molecule has 1 amide bonds. The maximum atomic E-state index is 13.6. The van der Waals surface area contributed by atoms with E-state index in [1.54, 1.807) is 12.1 Å². The van der Waals surface area contributed by atoms with E-state index in [9.17, 15) is 27.5 Å². The Morgan fingerprint density at radius 3 is 2.50 bits per heavy atom. The summed E-state index contributed by atoms with van der Waals surface area (Å²) in [4.78, 5) is 17.4. The van der Waals surface area contributed by atoms with Gasteiger partial charge in [-0.25, -0.2) is 9.37 Å². The number of aliphatic hydroxyl groups is 1. The van der Waals surface area contributed by atoms with Crippen LogP contribution >= 0.6 is 11.3 Å². The molecule has 0 saturated heterocycles. The molecule has 1 unspecified atom stereocenters. The van der Waals surface area contributed by atoms with Crippen molar-refractivity contribution in [2.45, 2.75) is 50.8 Å². The third kappa shape index (κ3) is 6.20. The number of carbonyl (C=O) groups is 1. The number of amides is 1. The summed E-state index contributed by atoms with van der Waals surface area (Å²) in [6.45, 7) is 1.80. The first-order chi connectivity index (χ1) is 16.0. The van der Waals surface area contributed by atoms with Gasteiger partial charge in [0.1, 0.15) is 10.8 Å². The van der Waals surface area contributed by atoms with Crippen molar-refractivity contribution >= 4 is 17.2 Å². The lowest BCUT2D eigenvalue weighted by atomic mass is 9.98. The Morgan fingerprint density at radius 2 is 1.88 bits per heavy atom. The van der Waals surface area contributed by atoms with Crippen LogP contribution in [0.3, 0.4) is 0 Å². The van der Waals surface area contributed by atoms with E-state index < -0.39 is 29.1 Å². The van der Waals surface area contributed by atoms with Crippen LogP contribution in [0.1, 0.15) is 42.1 Å². The molecule has 184 valence electrons. The van der Waals surface area contributed by atoms with Gasteiger partial charge >= 0.3 is 6.18 Å². The zero-order chi connectivity index (χ0) is 24.9. The number of aromatic amines is 1. The van der Waals surface area contributed by atoms with Gasteiger partial charge in [-0.3, -0.25) is 9.89 Å². The highest BCUT2D eigenvalue weighted by atomic mass is 32.1. The van der Waals surface area contributed by atoms with Gasteiger partial charge in [-0.05, 0) is 56.5 Å². The maximum Gasteiger partial charge on any atom is 0.424 e. The summed E-state index contributed by atoms with van der Waals surface area (Å²) >= 11 is 0.684. The van der Waals surface area contributed by atoms with Crippen LogP contribution in [-0.4, -0.2) is 50.9 Å². The zero-order valence-corrected chi connectivity index (χ0v) is 19.6. The molecule has 2 N–H and O–H groups in total. The van der Waals surface area contributed by atoms with E-state index in [0.717, 1.165) is 24.1 Å². The van der Waals surface area contributed by atoms with Crippen molar-refractivity contribution in [3.05, 3.63) is 57.9 Å². The second-order valence-electron chi connectivity index (χ2n) is 8.24. The predicted octanol–water partition coefficient (Wildman–Crippen LogP) is 4.99. The monoisotopic (exact) mass is 498 g/mol. The van der Waals surface area contributed by atoms with Crippen LogP contribution in [0.25, 0.3) is 11.3 Å². The normalized spacial score (nSPS) is 13.6. The number of aryl methyl sites for hydroxylation is 2. The summed E-state index contributed by atoms with van der Waals surface area (Å²) in [5.74, 6) is -1.12. The number of thiazole rings is 1. The van der Waals surface area contributed by atoms with Gasteiger partial charge in [0.15, 0.2) is 0 Å². The van der Waals surface area contributed by atoms with Gasteiger partial charge in [0.25, 0.3) is 0 Å². The van der Waals surface area contributed by atoms with Gasteiger partial charge < -0.3 is 10.0 Å². The number of carbonyl (C=O) groups excluding carboxylic acids is 1. The van der Waals surface area contributed by atoms with Crippen molar-refractivity contribution in [2.24, 2.45) is 0 Å². The summed E-state index contributed by atoms with van der Waals surface area (Å²) in [5, 5.41) is 18.4. The first-order valence-corrected chi connectivity index (χ1v) is 11.6. The van der Waals surface area contributed by atoms with Crippen LogP contribution in [0, 0.1) is 12.7 Å². The molecule has 11 heteroatoms. The van der Waals surface area contributed by atoms with E-state index in [4.69, 9.17) is 0 Å². The molecule has 1 aromatic carbocycles. The number of nitrogens with one attached hydrogen (secondary N) is 1. The van der Waals surface area contributed by atoms with Gasteiger partial charge in [-0.1, -0.05) is 6.42 Å². The smallest absolute Gasteiger partial charge is 0.374 e. The van der Waals surface area contributed by atoms with Crippen molar-refractivity contribution in [2.75, 3.05) is 13.6 Å². The van der Waals surface area contributed by atoms with Crippen molar-refractivity contribution < 1.29 is 27.5 Å². The fourth-order valence-corrected chi connectivity index (χ4v) is 4.33. The molecular weight excluding hydrogens is 472 g/mol. The van der Waals surface area contributed by atoms with Crippen LogP contribution in [0.15, 0.2) is 35.7 Å². The fourth-order valence-electron chi connectivity index (χ4n) is 3.42. The summed E-state index contributed by atoms with van der Waals surface area (Å²) < 4.78 is 53.8. The first-order valence-electron chi connectivity index (χ1n) is 10.8. The number of halogens is 4. The lowest BCUT2D eigenvalue weighted by molar-refractivity contribution is -0.268. The molecule has 0 saturated carbocycles. The minimum atomic E-state index is -5.02. The molecule has 0 aliphatic carbocycles. The minimum absolute atomic E-state index is 0.271. The number of nitrogens with zero attached hydrogens (tertiary/aromatic N) is 3. The van der Waals surface area contributed by atoms with Gasteiger partial charge in [0.2, 0.25) is 11.5 Å². The molecule has 6 nitrogen and oxygen atoms in total. The molecule has 0 aliphatic rings. The standard InChI is InChI=1S/C23H26F4N4O2S/c1-15-14-34-21(28-15)22(33,23(25,26)27)13-20(32)31(2)11-5-3-4-6-18-12-19(30-29-18)16-7-9-17(24)10-8-16/h7-10,12,14,33H,3-6,11,13H2,1-2H3,(H,29,30). The van der Waals surface area contributed by atoms with E-state index in [-0.39, 0.29) is 12.4 Å². The molecule has 2 heterocycles. The molecule has 0 spiro atoms. The highest BCUT2D eigenvalue weighted by Crippen LogP contribution is 2.43. The lowest BCUT2D eigenvalue weighted by Crippen LogP contribution is -2.46. The highest BCUT2D eigenvalue weighted by Gasteiger charge is 2.58. The number of unbranched alkanes of at least 4 members (excludes halogenated alkanes) is 2. The second kappa shape index (κ2) is 10.6. The lowest BCUT2D eigenvalue weighted by Gasteiger charge is -2.29. The largest absolute Gasteiger partial charge is 0.424 e. The Labute approximate surface area is 198 Å². The van der Waals surface area contributed by atoms with Crippen LogP contribution < -0.4 is 0 Å². The number of H-pyrrole nitrogens is 1. The number of hydrogen-bond acceptors (Lipinski definition) is 5.